The van der Waals surface area contributed by atoms with Crippen LogP contribution in [0, 0.1) is 0 Å². The fourth-order valence-corrected chi connectivity index (χ4v) is 2.39. The van der Waals surface area contributed by atoms with E-state index in [9.17, 15) is 0 Å². The van der Waals surface area contributed by atoms with Crippen LogP contribution in [0.1, 0.15) is 32.6 Å². The third-order valence-electron chi connectivity index (χ3n) is 3.25. The molecule has 1 atom stereocenters. The summed E-state index contributed by atoms with van der Waals surface area (Å²) in [5.74, 6) is 0. The highest BCUT2D eigenvalue weighted by Gasteiger charge is 2.45. The van der Waals surface area contributed by atoms with E-state index < -0.39 is 0 Å². The highest BCUT2D eigenvalue weighted by Crippen LogP contribution is 2.42. The molecule has 0 aromatic carbocycles. The van der Waals surface area contributed by atoms with Gasteiger partial charge in [0.2, 0.25) is 0 Å². The van der Waals surface area contributed by atoms with Crippen LogP contribution in [0.15, 0.2) is 0 Å². The number of fused-ring (bicyclic) bond motifs is 1. The van der Waals surface area contributed by atoms with E-state index in [1.54, 1.807) is 0 Å². The predicted molar refractivity (Wildman–Crippen MR) is 38.4 cm³/mol. The Kier molecular flexibility index (Phi) is 1.10. The molecule has 2 heterocycles. The fourth-order valence-electron chi connectivity index (χ4n) is 2.39. The molecule has 0 N–H and O–H groups in total. The van der Waals surface area contributed by atoms with Gasteiger partial charge in [0, 0.05) is 12.1 Å². The zero-order valence-corrected chi connectivity index (χ0v) is 6.19. The van der Waals surface area contributed by atoms with Crippen molar-refractivity contribution in [1.82, 2.24) is 4.90 Å². The van der Waals surface area contributed by atoms with Gasteiger partial charge in [0.25, 0.3) is 0 Å². The summed E-state index contributed by atoms with van der Waals surface area (Å²) in [6.45, 7) is 5.10. The molecule has 2 aliphatic heterocycles. The number of rotatable bonds is 1. The van der Waals surface area contributed by atoms with Crippen molar-refractivity contribution in [2.24, 2.45) is 0 Å². The highest BCUT2D eigenvalue weighted by atomic mass is 15.3. The lowest BCUT2D eigenvalue weighted by Gasteiger charge is -2.48. The van der Waals surface area contributed by atoms with E-state index in [2.05, 4.69) is 11.8 Å². The number of hydrogen-bond donors (Lipinski definition) is 0. The quantitative estimate of drug-likeness (QED) is 0.515. The summed E-state index contributed by atoms with van der Waals surface area (Å²) in [6.07, 6.45) is 5.79. The molecule has 2 saturated heterocycles. The van der Waals surface area contributed by atoms with Crippen molar-refractivity contribution in [3.05, 3.63) is 0 Å². The second-order valence-electron chi connectivity index (χ2n) is 3.42. The van der Waals surface area contributed by atoms with Crippen LogP contribution < -0.4 is 0 Å². The average Bonchev–Trinajstić information content (AvgIpc) is 2.10. The van der Waals surface area contributed by atoms with Crippen molar-refractivity contribution in [1.29, 1.82) is 0 Å². The van der Waals surface area contributed by atoms with Crippen molar-refractivity contribution in [3.63, 3.8) is 0 Å². The maximum atomic E-state index is 2.66. The van der Waals surface area contributed by atoms with Crippen LogP contribution in [0.3, 0.4) is 0 Å². The molecule has 0 aliphatic carbocycles. The largest absolute Gasteiger partial charge is 0.298 e. The van der Waals surface area contributed by atoms with Crippen molar-refractivity contribution in [3.8, 4) is 0 Å². The van der Waals surface area contributed by atoms with E-state index in [0.717, 1.165) is 0 Å². The molecule has 0 aromatic rings. The number of hydrogen-bond acceptors (Lipinski definition) is 1. The summed E-state index contributed by atoms with van der Waals surface area (Å²) in [5.41, 5.74) is 0.708. The summed E-state index contributed by atoms with van der Waals surface area (Å²) in [4.78, 5) is 2.66. The van der Waals surface area contributed by atoms with Crippen LogP contribution in [-0.2, 0) is 0 Å². The highest BCUT2D eigenvalue weighted by molar-refractivity contribution is 5.02. The van der Waals surface area contributed by atoms with Gasteiger partial charge < -0.3 is 0 Å². The lowest BCUT2D eigenvalue weighted by atomic mass is 9.83. The summed E-state index contributed by atoms with van der Waals surface area (Å²) in [6, 6.07) is 0. The van der Waals surface area contributed by atoms with Gasteiger partial charge in [0.15, 0.2) is 0 Å². The van der Waals surface area contributed by atoms with E-state index in [1.807, 2.05) is 0 Å². The molecule has 1 heteroatoms. The third kappa shape index (κ3) is 0.586. The van der Waals surface area contributed by atoms with Crippen molar-refractivity contribution >= 4 is 0 Å². The normalized spacial score (nSPS) is 42.3. The lowest BCUT2D eigenvalue weighted by Crippen LogP contribution is -2.54. The Morgan fingerprint density at radius 1 is 1.33 bits per heavy atom. The van der Waals surface area contributed by atoms with Gasteiger partial charge >= 0.3 is 0 Å². The molecule has 0 amide bonds. The lowest BCUT2D eigenvalue weighted by molar-refractivity contribution is 0.0245. The van der Waals surface area contributed by atoms with Gasteiger partial charge in [-0.15, -0.1) is 0 Å². The SMILES string of the molecule is CCC12CCCN1CC2. The molecule has 1 unspecified atom stereocenters. The van der Waals surface area contributed by atoms with Crippen LogP contribution in [0.2, 0.25) is 0 Å². The molecule has 2 fully saturated rings. The molecule has 2 rings (SSSR count). The molecular formula is C8H15N. The molecule has 9 heavy (non-hydrogen) atoms. The molecule has 0 aromatic heterocycles. The topological polar surface area (TPSA) is 3.24 Å². The van der Waals surface area contributed by atoms with E-state index in [-0.39, 0.29) is 0 Å². The van der Waals surface area contributed by atoms with Crippen molar-refractivity contribution < 1.29 is 0 Å². The van der Waals surface area contributed by atoms with E-state index >= 15 is 0 Å². The molecule has 52 valence electrons. The predicted octanol–water partition coefficient (Wildman–Crippen LogP) is 1.63. The van der Waals surface area contributed by atoms with Crippen molar-refractivity contribution in [2.45, 2.75) is 38.1 Å². The van der Waals surface area contributed by atoms with Gasteiger partial charge in [-0.1, -0.05) is 6.92 Å². The maximum Gasteiger partial charge on any atom is 0.0219 e. The fraction of sp³-hybridized carbons (Fsp3) is 1.00. The van der Waals surface area contributed by atoms with E-state index in [0.29, 0.717) is 5.54 Å². The second kappa shape index (κ2) is 1.72. The molecule has 0 bridgehead atoms. The van der Waals surface area contributed by atoms with Crippen LogP contribution >= 0.6 is 0 Å². The Balaban J connectivity index is 2.10. The summed E-state index contributed by atoms with van der Waals surface area (Å²) >= 11 is 0. The molecule has 0 saturated carbocycles. The Morgan fingerprint density at radius 2 is 2.22 bits per heavy atom. The zero-order valence-electron chi connectivity index (χ0n) is 6.19. The monoisotopic (exact) mass is 125 g/mol. The Bertz CT molecular complexity index is 118. The Morgan fingerprint density at radius 3 is 2.56 bits per heavy atom. The maximum absolute atomic E-state index is 2.66. The minimum Gasteiger partial charge on any atom is -0.298 e. The summed E-state index contributed by atoms with van der Waals surface area (Å²) in [5, 5.41) is 0. The van der Waals surface area contributed by atoms with Crippen LogP contribution in [-0.4, -0.2) is 23.5 Å². The third-order valence-corrected chi connectivity index (χ3v) is 3.25. The smallest absolute Gasteiger partial charge is 0.0219 e. The average molecular weight is 125 g/mol. The second-order valence-corrected chi connectivity index (χ2v) is 3.42. The first-order valence-electron chi connectivity index (χ1n) is 4.12. The van der Waals surface area contributed by atoms with Gasteiger partial charge in [-0.3, -0.25) is 4.90 Å². The van der Waals surface area contributed by atoms with Gasteiger partial charge in [-0.2, -0.15) is 0 Å². The minimum atomic E-state index is 0.708. The van der Waals surface area contributed by atoms with Gasteiger partial charge in [0.05, 0.1) is 0 Å². The standard InChI is InChI=1S/C8H15N/c1-2-8-4-3-6-9(8)7-5-8/h2-7H2,1H3. The molecule has 0 radical (unpaired) electrons. The van der Waals surface area contributed by atoms with E-state index in [4.69, 9.17) is 0 Å². The number of nitrogens with zero attached hydrogens (tertiary/aromatic N) is 1. The van der Waals surface area contributed by atoms with Gasteiger partial charge in [-0.05, 0) is 32.2 Å². The minimum absolute atomic E-state index is 0.708. The van der Waals surface area contributed by atoms with Crippen molar-refractivity contribution in [2.75, 3.05) is 13.1 Å². The summed E-state index contributed by atoms with van der Waals surface area (Å²) < 4.78 is 0. The molecule has 0 spiro atoms. The zero-order chi connectivity index (χ0) is 6.32. The first kappa shape index (κ1) is 5.72. The molecule has 1 nitrogen and oxygen atoms in total. The Labute approximate surface area is 57.0 Å². The molecular weight excluding hydrogens is 110 g/mol. The van der Waals surface area contributed by atoms with Gasteiger partial charge in [-0.25, -0.2) is 0 Å². The molecule has 2 aliphatic rings. The first-order valence-corrected chi connectivity index (χ1v) is 4.12. The Hall–Kier alpha value is -0.0400. The van der Waals surface area contributed by atoms with Crippen LogP contribution in [0.5, 0.6) is 0 Å². The van der Waals surface area contributed by atoms with Gasteiger partial charge in [0.1, 0.15) is 0 Å². The first-order chi connectivity index (χ1) is 4.37. The van der Waals surface area contributed by atoms with Crippen LogP contribution in [0.4, 0.5) is 0 Å². The summed E-state index contributed by atoms with van der Waals surface area (Å²) in [7, 11) is 0. The van der Waals surface area contributed by atoms with E-state index in [1.165, 1.54) is 38.8 Å². The van der Waals surface area contributed by atoms with Crippen LogP contribution in [0.25, 0.3) is 0 Å².